The number of ether oxygens (including phenoxy) is 1. The fraction of sp³-hybridized carbons (Fsp3) is 0.417. The van der Waals surface area contributed by atoms with E-state index in [-0.39, 0.29) is 29.9 Å². The number of hydrogen-bond acceptors (Lipinski definition) is 3. The number of likely N-dealkylation sites (tertiary alicyclic amines) is 1. The van der Waals surface area contributed by atoms with Crippen LogP contribution in [-0.2, 0) is 33.7 Å². The zero-order valence-electron chi connectivity index (χ0n) is 16.5. The van der Waals surface area contributed by atoms with E-state index in [1.165, 1.54) is 11.1 Å². The molecule has 2 aromatic carbocycles. The topological polar surface area (TPSA) is 49.9 Å². The van der Waals surface area contributed by atoms with E-state index in [0.29, 0.717) is 32.7 Å². The molecule has 0 N–H and O–H groups in total. The van der Waals surface area contributed by atoms with Gasteiger partial charge in [0.05, 0.1) is 25.2 Å². The Labute approximate surface area is 171 Å². The number of fused-ring (bicyclic) bond motifs is 2. The molecule has 2 amide bonds. The predicted molar refractivity (Wildman–Crippen MR) is 109 cm³/mol. The third-order valence-electron chi connectivity index (χ3n) is 6.51. The summed E-state index contributed by atoms with van der Waals surface area (Å²) in [6.07, 6.45) is 1.94. The normalized spacial score (nSPS) is 24.3. The Hall–Kier alpha value is -2.66. The van der Waals surface area contributed by atoms with Crippen molar-refractivity contribution < 1.29 is 14.3 Å². The van der Waals surface area contributed by atoms with Crippen LogP contribution in [0, 0.1) is 5.92 Å². The van der Waals surface area contributed by atoms with Crippen molar-refractivity contribution in [2.24, 2.45) is 5.92 Å². The minimum Gasteiger partial charge on any atom is -0.374 e. The smallest absolute Gasteiger partial charge is 0.226 e. The number of rotatable bonds is 3. The van der Waals surface area contributed by atoms with E-state index in [4.69, 9.17) is 4.74 Å². The van der Waals surface area contributed by atoms with Crippen molar-refractivity contribution in [1.29, 1.82) is 0 Å². The number of benzene rings is 2. The molecule has 2 aliphatic heterocycles. The van der Waals surface area contributed by atoms with Crippen molar-refractivity contribution >= 4 is 11.8 Å². The molecule has 2 atom stereocenters. The second-order valence-electron chi connectivity index (χ2n) is 8.35. The van der Waals surface area contributed by atoms with Crippen LogP contribution < -0.4 is 0 Å². The maximum atomic E-state index is 13.3. The monoisotopic (exact) mass is 390 g/mol. The molecule has 29 heavy (non-hydrogen) atoms. The lowest BCUT2D eigenvalue weighted by Gasteiger charge is -2.30. The quantitative estimate of drug-likeness (QED) is 0.809. The van der Waals surface area contributed by atoms with E-state index >= 15 is 0 Å². The summed E-state index contributed by atoms with van der Waals surface area (Å²) in [7, 11) is 0. The van der Waals surface area contributed by atoms with Gasteiger partial charge in [0.25, 0.3) is 0 Å². The highest BCUT2D eigenvalue weighted by Gasteiger charge is 2.44. The molecule has 1 aliphatic carbocycles. The zero-order valence-corrected chi connectivity index (χ0v) is 16.5. The van der Waals surface area contributed by atoms with Gasteiger partial charge in [0.2, 0.25) is 11.8 Å². The Balaban J connectivity index is 1.31. The van der Waals surface area contributed by atoms with E-state index in [2.05, 4.69) is 12.1 Å². The van der Waals surface area contributed by atoms with Crippen molar-refractivity contribution in [2.75, 3.05) is 19.7 Å². The third-order valence-corrected chi connectivity index (χ3v) is 6.51. The molecule has 0 unspecified atom stereocenters. The molecule has 2 fully saturated rings. The van der Waals surface area contributed by atoms with Gasteiger partial charge in [-0.15, -0.1) is 0 Å². The van der Waals surface area contributed by atoms with E-state index in [1.807, 2.05) is 52.3 Å². The van der Waals surface area contributed by atoms with E-state index in [1.54, 1.807) is 0 Å². The molecule has 3 aliphatic rings. The van der Waals surface area contributed by atoms with Gasteiger partial charge >= 0.3 is 0 Å². The van der Waals surface area contributed by atoms with Crippen LogP contribution in [0.1, 0.15) is 23.1 Å². The first-order valence-corrected chi connectivity index (χ1v) is 10.5. The Morgan fingerprint density at radius 1 is 0.966 bits per heavy atom. The minimum atomic E-state index is -0.0992. The molecule has 0 saturated carbocycles. The lowest BCUT2D eigenvalue weighted by Crippen LogP contribution is -2.45. The van der Waals surface area contributed by atoms with Gasteiger partial charge in [0.1, 0.15) is 0 Å². The molecule has 0 radical (unpaired) electrons. The van der Waals surface area contributed by atoms with Gasteiger partial charge < -0.3 is 14.5 Å². The summed E-state index contributed by atoms with van der Waals surface area (Å²) >= 11 is 0. The first kappa shape index (κ1) is 18.4. The maximum absolute atomic E-state index is 13.3. The highest BCUT2D eigenvalue weighted by atomic mass is 16.5. The number of nitrogens with zero attached hydrogens (tertiary/aromatic N) is 2. The lowest BCUT2D eigenvalue weighted by molar-refractivity contribution is -0.137. The van der Waals surface area contributed by atoms with Crippen LogP contribution >= 0.6 is 0 Å². The molecular formula is C24H26N2O3. The standard InChI is InChI=1S/C24H26N2O3/c27-23-10-11-29-22-16-25(15-21(22)26(23)14-17-6-2-1-3-7-17)24(28)20-12-18-8-4-5-9-19(18)13-20/h1-9,20-22H,10-16H2/t21-,22-/m0/s1. The predicted octanol–water partition coefficient (Wildman–Crippen LogP) is 2.43. The summed E-state index contributed by atoms with van der Waals surface area (Å²) in [5, 5.41) is 0. The molecule has 5 heteroatoms. The summed E-state index contributed by atoms with van der Waals surface area (Å²) in [4.78, 5) is 29.9. The Kier molecular flexibility index (Phi) is 4.84. The fourth-order valence-electron chi connectivity index (χ4n) is 5.00. The average molecular weight is 390 g/mol. The second kappa shape index (κ2) is 7.64. The summed E-state index contributed by atoms with van der Waals surface area (Å²) in [5.41, 5.74) is 3.69. The van der Waals surface area contributed by atoms with Crippen molar-refractivity contribution in [1.82, 2.24) is 9.80 Å². The van der Waals surface area contributed by atoms with Crippen LogP contribution in [0.4, 0.5) is 0 Å². The van der Waals surface area contributed by atoms with Crippen molar-refractivity contribution in [2.45, 2.75) is 38.0 Å². The number of amides is 2. The first-order chi connectivity index (χ1) is 14.2. The SMILES string of the molecule is O=C(C1Cc2ccccc2C1)N1C[C@@H]2OCCC(=O)N(Cc3ccccc3)[C@H]2C1. The van der Waals surface area contributed by atoms with E-state index in [0.717, 1.165) is 18.4 Å². The molecule has 2 aromatic rings. The Morgan fingerprint density at radius 3 is 2.38 bits per heavy atom. The van der Waals surface area contributed by atoms with Crippen LogP contribution in [0.15, 0.2) is 54.6 Å². The maximum Gasteiger partial charge on any atom is 0.226 e. The van der Waals surface area contributed by atoms with Crippen molar-refractivity contribution in [3.8, 4) is 0 Å². The summed E-state index contributed by atoms with van der Waals surface area (Å²) < 4.78 is 6.01. The first-order valence-electron chi connectivity index (χ1n) is 10.5. The van der Waals surface area contributed by atoms with Gasteiger partial charge in [0.15, 0.2) is 0 Å². The van der Waals surface area contributed by atoms with E-state index in [9.17, 15) is 9.59 Å². The van der Waals surface area contributed by atoms with Crippen LogP contribution in [0.25, 0.3) is 0 Å². The van der Waals surface area contributed by atoms with Gasteiger partial charge in [-0.3, -0.25) is 9.59 Å². The van der Waals surface area contributed by atoms with Crippen LogP contribution in [0.2, 0.25) is 0 Å². The molecule has 0 aromatic heterocycles. The van der Waals surface area contributed by atoms with Gasteiger partial charge in [0, 0.05) is 25.6 Å². The molecule has 150 valence electrons. The summed E-state index contributed by atoms with van der Waals surface area (Å²) in [5.74, 6) is 0.321. The summed E-state index contributed by atoms with van der Waals surface area (Å²) in [6.45, 7) is 2.15. The molecular weight excluding hydrogens is 364 g/mol. The number of carbonyl (C=O) groups excluding carboxylic acids is 2. The Bertz CT molecular complexity index is 888. The van der Waals surface area contributed by atoms with Crippen molar-refractivity contribution in [3.05, 3.63) is 71.3 Å². The van der Waals surface area contributed by atoms with Gasteiger partial charge in [-0.25, -0.2) is 0 Å². The molecule has 0 spiro atoms. The Morgan fingerprint density at radius 2 is 1.66 bits per heavy atom. The number of hydrogen-bond donors (Lipinski definition) is 0. The zero-order chi connectivity index (χ0) is 19.8. The number of carbonyl (C=O) groups is 2. The average Bonchev–Trinajstić information content (AvgIpc) is 3.33. The second-order valence-corrected chi connectivity index (χ2v) is 8.35. The largest absolute Gasteiger partial charge is 0.374 e. The van der Waals surface area contributed by atoms with Crippen LogP contribution in [0.5, 0.6) is 0 Å². The van der Waals surface area contributed by atoms with Gasteiger partial charge in [-0.2, -0.15) is 0 Å². The summed E-state index contributed by atoms with van der Waals surface area (Å²) in [6, 6.07) is 18.3. The van der Waals surface area contributed by atoms with Gasteiger partial charge in [-0.05, 0) is 29.5 Å². The molecule has 0 bridgehead atoms. The molecule has 2 saturated heterocycles. The van der Waals surface area contributed by atoms with Gasteiger partial charge in [-0.1, -0.05) is 54.6 Å². The third kappa shape index (κ3) is 3.55. The van der Waals surface area contributed by atoms with Crippen molar-refractivity contribution in [3.63, 3.8) is 0 Å². The highest BCUT2D eigenvalue weighted by Crippen LogP contribution is 2.31. The molecule has 5 nitrogen and oxygen atoms in total. The molecule has 5 rings (SSSR count). The lowest BCUT2D eigenvalue weighted by atomic mass is 10.1. The van der Waals surface area contributed by atoms with Crippen LogP contribution in [-0.4, -0.2) is 53.5 Å². The van der Waals surface area contributed by atoms with E-state index < -0.39 is 0 Å². The fourth-order valence-corrected chi connectivity index (χ4v) is 5.00. The minimum absolute atomic E-state index is 0.00742. The highest BCUT2D eigenvalue weighted by molar-refractivity contribution is 5.81. The van der Waals surface area contributed by atoms with Crippen LogP contribution in [0.3, 0.4) is 0 Å². The molecule has 2 heterocycles.